The van der Waals surface area contributed by atoms with E-state index in [1.807, 2.05) is 34.7 Å². The molecule has 0 spiro atoms. The Morgan fingerprint density at radius 1 is 1.20 bits per heavy atom. The van der Waals surface area contributed by atoms with E-state index >= 15 is 0 Å². The molecule has 0 saturated carbocycles. The lowest BCUT2D eigenvalue weighted by molar-refractivity contribution is -0.560. The number of anilines is 1. The van der Waals surface area contributed by atoms with Gasteiger partial charge >= 0.3 is 5.91 Å². The second-order valence-electron chi connectivity index (χ2n) is 10.1. The standard InChI is InChI=1S/C27H34N8O3S2/c1-5-33(6-2)18(3)14-28-27(36)19-12-23(30-25(13-19)34-16-20(17-34)32-40(4,37)38)21-15-29-35-10-9-22(31-26(21)35)24-8-7-11-39-24/h7-13,15,18,20,32H,5-6,14,16-17H2,1-4H3,(H,28,36)/p+1/t18-/m0/s1. The maximum absolute atomic E-state index is 13.4. The van der Waals surface area contributed by atoms with Gasteiger partial charge in [0.15, 0.2) is 5.65 Å². The first-order chi connectivity index (χ1) is 19.1. The van der Waals surface area contributed by atoms with Gasteiger partial charge in [-0.25, -0.2) is 32.4 Å². The Morgan fingerprint density at radius 2 is 1.98 bits per heavy atom. The lowest BCUT2D eigenvalue weighted by Crippen LogP contribution is -2.90. The van der Waals surface area contributed by atoms with Crippen molar-refractivity contribution in [1.82, 2.24) is 29.2 Å². The van der Waals surface area contributed by atoms with Crippen LogP contribution >= 0.6 is 11.3 Å². The van der Waals surface area contributed by atoms with Crippen LogP contribution in [0.3, 0.4) is 0 Å². The summed E-state index contributed by atoms with van der Waals surface area (Å²) in [5.74, 6) is 0.547. The number of pyridine rings is 1. The largest absolute Gasteiger partial charge is 0.353 e. The third-order valence-electron chi connectivity index (χ3n) is 7.18. The van der Waals surface area contributed by atoms with Crippen molar-refractivity contribution in [3.63, 3.8) is 0 Å². The third kappa shape index (κ3) is 6.23. The van der Waals surface area contributed by atoms with Gasteiger partial charge < -0.3 is 4.90 Å². The molecule has 0 aliphatic carbocycles. The van der Waals surface area contributed by atoms with Crippen molar-refractivity contribution in [1.29, 1.82) is 0 Å². The zero-order valence-corrected chi connectivity index (χ0v) is 24.7. The summed E-state index contributed by atoms with van der Waals surface area (Å²) in [4.78, 5) is 28.5. The Morgan fingerprint density at radius 3 is 2.65 bits per heavy atom. The molecule has 0 unspecified atom stereocenters. The number of nitrogens with one attached hydrogen (secondary N) is 1. The van der Waals surface area contributed by atoms with E-state index in [1.54, 1.807) is 39.5 Å². The van der Waals surface area contributed by atoms with Crippen LogP contribution in [0.15, 0.2) is 48.1 Å². The van der Waals surface area contributed by atoms with Gasteiger partial charge in [-0.15, -0.1) is 11.3 Å². The molecule has 5 heterocycles. The van der Waals surface area contributed by atoms with Gasteiger partial charge in [0.1, 0.15) is 5.82 Å². The van der Waals surface area contributed by atoms with Crippen molar-refractivity contribution in [3.8, 4) is 21.8 Å². The fourth-order valence-corrected chi connectivity index (χ4v) is 6.45. The zero-order valence-electron chi connectivity index (χ0n) is 23.1. The fourth-order valence-electron chi connectivity index (χ4n) is 5.00. The normalized spacial score (nSPS) is 15.1. The molecule has 1 fully saturated rings. The molecule has 212 valence electrons. The van der Waals surface area contributed by atoms with E-state index < -0.39 is 10.0 Å². The van der Waals surface area contributed by atoms with Crippen LogP contribution in [0.25, 0.3) is 27.5 Å². The molecule has 0 bridgehead atoms. The molecule has 3 N–H and O–H groups in total. The Hall–Kier alpha value is -3.23. The monoisotopic (exact) mass is 583 g/mol. The molecule has 13 heteroatoms. The molecule has 1 saturated heterocycles. The number of aromatic nitrogens is 4. The van der Waals surface area contributed by atoms with Crippen LogP contribution in [0.2, 0.25) is 0 Å². The van der Waals surface area contributed by atoms with Crippen LogP contribution < -0.4 is 14.9 Å². The van der Waals surface area contributed by atoms with Gasteiger partial charge in [-0.2, -0.15) is 5.10 Å². The van der Waals surface area contributed by atoms with Crippen molar-refractivity contribution < 1.29 is 18.5 Å². The number of carbonyl (C=O) groups excluding carboxylic acids is 1. The first-order valence-electron chi connectivity index (χ1n) is 13.4. The van der Waals surface area contributed by atoms with Gasteiger partial charge in [0.05, 0.1) is 58.5 Å². The summed E-state index contributed by atoms with van der Waals surface area (Å²) in [7, 11) is -3.31. The SMILES string of the molecule is CCN(CC)[C@@H](C)C[NH2+]C(=O)c1cc(-c2cnn3ccc(-c4cccs4)nc23)nc(N2CC(NS(C)(=O)=O)C2)c1. The summed E-state index contributed by atoms with van der Waals surface area (Å²) in [5, 5.41) is 8.24. The summed E-state index contributed by atoms with van der Waals surface area (Å²) in [6.07, 6.45) is 4.75. The highest BCUT2D eigenvalue weighted by molar-refractivity contribution is 7.88. The average Bonchev–Trinajstić information content (AvgIpc) is 3.59. The number of thiophene rings is 1. The molecule has 1 aliphatic rings. The maximum Gasteiger partial charge on any atom is 0.342 e. The lowest BCUT2D eigenvalue weighted by Gasteiger charge is -2.40. The molecule has 1 amide bonds. The van der Waals surface area contributed by atoms with Gasteiger partial charge in [-0.3, -0.25) is 10.2 Å². The first kappa shape index (κ1) is 28.3. The highest BCUT2D eigenvalue weighted by Crippen LogP contribution is 2.30. The van der Waals surface area contributed by atoms with E-state index in [0.29, 0.717) is 42.4 Å². The van der Waals surface area contributed by atoms with Crippen LogP contribution in [0.4, 0.5) is 5.82 Å². The topological polar surface area (TPSA) is 129 Å². The molecule has 40 heavy (non-hydrogen) atoms. The smallest absolute Gasteiger partial charge is 0.342 e. The minimum atomic E-state index is -3.31. The van der Waals surface area contributed by atoms with Gasteiger partial charge in [0.25, 0.3) is 0 Å². The number of amides is 1. The first-order valence-corrected chi connectivity index (χ1v) is 16.2. The van der Waals surface area contributed by atoms with Gasteiger partial charge in [0.2, 0.25) is 10.0 Å². The summed E-state index contributed by atoms with van der Waals surface area (Å²) < 4.78 is 27.7. The molecule has 5 rings (SSSR count). The van der Waals surface area contributed by atoms with Gasteiger partial charge in [0, 0.05) is 19.3 Å². The van der Waals surface area contributed by atoms with Crippen LogP contribution in [0, 0.1) is 0 Å². The predicted octanol–water partition coefficient (Wildman–Crippen LogP) is 1.69. The molecule has 1 atom stereocenters. The Balaban J connectivity index is 1.48. The summed E-state index contributed by atoms with van der Waals surface area (Å²) in [6, 6.07) is 9.57. The number of quaternary nitrogens is 1. The Kier molecular flexibility index (Phi) is 8.29. The van der Waals surface area contributed by atoms with Crippen molar-refractivity contribution in [2.45, 2.75) is 32.9 Å². The summed E-state index contributed by atoms with van der Waals surface area (Å²) >= 11 is 1.61. The molecule has 4 aromatic heterocycles. The van der Waals surface area contributed by atoms with E-state index in [2.05, 4.69) is 35.5 Å². The number of hydrogen-bond donors (Lipinski definition) is 2. The number of sulfonamides is 1. The predicted molar refractivity (Wildman–Crippen MR) is 157 cm³/mol. The highest BCUT2D eigenvalue weighted by Gasteiger charge is 2.31. The van der Waals surface area contributed by atoms with Crippen molar-refractivity contribution >= 4 is 38.7 Å². The number of primary amides is 1. The second kappa shape index (κ2) is 11.7. The van der Waals surface area contributed by atoms with Crippen LogP contribution in [-0.4, -0.2) is 89.9 Å². The van der Waals surface area contributed by atoms with Crippen LogP contribution in [0.5, 0.6) is 0 Å². The van der Waals surface area contributed by atoms with Crippen LogP contribution in [0.1, 0.15) is 31.1 Å². The number of fused-ring (bicyclic) bond motifs is 1. The lowest BCUT2D eigenvalue weighted by atomic mass is 10.1. The fraction of sp³-hybridized carbons (Fsp3) is 0.407. The molecule has 1 aliphatic heterocycles. The van der Waals surface area contributed by atoms with E-state index in [0.717, 1.165) is 35.5 Å². The highest BCUT2D eigenvalue weighted by atomic mass is 32.2. The van der Waals surface area contributed by atoms with Crippen molar-refractivity contribution in [2.24, 2.45) is 0 Å². The number of carbonyl (C=O) groups is 1. The number of nitrogens with two attached hydrogens (primary N) is 1. The van der Waals surface area contributed by atoms with Gasteiger partial charge in [-0.05, 0) is 49.7 Å². The second-order valence-corrected chi connectivity index (χ2v) is 12.8. The van der Waals surface area contributed by atoms with E-state index in [4.69, 9.17) is 9.97 Å². The Labute approximate surface area is 238 Å². The number of rotatable bonds is 11. The Bertz CT molecular complexity index is 1590. The molecular weight excluding hydrogens is 548 g/mol. The minimum Gasteiger partial charge on any atom is -0.353 e. The molecule has 0 radical (unpaired) electrons. The average molecular weight is 584 g/mol. The quantitative estimate of drug-likeness (QED) is 0.273. The summed E-state index contributed by atoms with van der Waals surface area (Å²) in [5.41, 5.74) is 3.33. The maximum atomic E-state index is 13.4. The molecule has 4 aromatic rings. The van der Waals surface area contributed by atoms with Crippen molar-refractivity contribution in [2.75, 3.05) is 43.9 Å². The van der Waals surface area contributed by atoms with E-state index in [9.17, 15) is 13.2 Å². The number of likely N-dealkylation sites (N-methyl/N-ethyl adjacent to an activating group) is 1. The minimum absolute atomic E-state index is 0.0704. The van der Waals surface area contributed by atoms with Crippen molar-refractivity contribution in [3.05, 3.63) is 53.7 Å². The number of hydrogen-bond acceptors (Lipinski definition) is 9. The summed E-state index contributed by atoms with van der Waals surface area (Å²) in [6.45, 7) is 9.80. The molecule has 11 nitrogen and oxygen atoms in total. The molecular formula is C27H35N8O3S2+. The molecule has 0 aromatic carbocycles. The van der Waals surface area contributed by atoms with E-state index in [1.165, 1.54) is 0 Å². The third-order valence-corrected chi connectivity index (χ3v) is 8.84. The van der Waals surface area contributed by atoms with Crippen LogP contribution in [-0.2, 0) is 10.0 Å². The zero-order chi connectivity index (χ0) is 28.4. The van der Waals surface area contributed by atoms with Gasteiger partial charge in [-0.1, -0.05) is 19.9 Å². The van der Waals surface area contributed by atoms with E-state index in [-0.39, 0.29) is 18.0 Å². The number of nitrogens with zero attached hydrogens (tertiary/aromatic N) is 6.